The van der Waals surface area contributed by atoms with Crippen LogP contribution in [-0.4, -0.2) is 22.4 Å². The van der Waals surface area contributed by atoms with Crippen molar-refractivity contribution in [3.05, 3.63) is 76.7 Å². The number of nitrogens with one attached hydrogen (secondary N) is 1. The predicted molar refractivity (Wildman–Crippen MR) is 102 cm³/mol. The maximum atomic E-state index is 13.6. The summed E-state index contributed by atoms with van der Waals surface area (Å²) < 4.78 is 13.6. The van der Waals surface area contributed by atoms with Gasteiger partial charge in [-0.3, -0.25) is 9.78 Å². The first-order chi connectivity index (χ1) is 12.6. The molecule has 0 aliphatic heterocycles. The van der Waals surface area contributed by atoms with Crippen molar-refractivity contribution in [2.24, 2.45) is 0 Å². The number of halogens is 1. The van der Waals surface area contributed by atoms with Gasteiger partial charge in [0.15, 0.2) is 0 Å². The van der Waals surface area contributed by atoms with Crippen LogP contribution in [-0.2, 0) is 11.2 Å². The van der Waals surface area contributed by atoms with E-state index in [9.17, 15) is 9.18 Å². The van der Waals surface area contributed by atoms with Crippen LogP contribution in [0.5, 0.6) is 0 Å². The topological polar surface area (TPSA) is 54.9 Å². The van der Waals surface area contributed by atoms with Crippen LogP contribution in [0.4, 0.5) is 4.39 Å². The van der Waals surface area contributed by atoms with Gasteiger partial charge in [-0.2, -0.15) is 0 Å². The minimum absolute atomic E-state index is 0.214. The first-order valence-electron chi connectivity index (χ1n) is 8.20. The molecular weight excluding hydrogens is 349 g/mol. The molecule has 0 saturated carbocycles. The van der Waals surface area contributed by atoms with E-state index in [-0.39, 0.29) is 11.7 Å². The number of amides is 1. The number of hydrogen-bond donors (Lipinski definition) is 1. The second-order valence-electron chi connectivity index (χ2n) is 5.71. The van der Waals surface area contributed by atoms with Crippen LogP contribution in [0.3, 0.4) is 0 Å². The molecule has 0 saturated heterocycles. The number of nitrogens with zero attached hydrogens (tertiary/aromatic N) is 2. The van der Waals surface area contributed by atoms with Gasteiger partial charge in [-0.25, -0.2) is 9.37 Å². The van der Waals surface area contributed by atoms with E-state index in [2.05, 4.69) is 15.3 Å². The van der Waals surface area contributed by atoms with Gasteiger partial charge in [0.2, 0.25) is 5.91 Å². The van der Waals surface area contributed by atoms with Crippen LogP contribution < -0.4 is 5.32 Å². The molecule has 132 valence electrons. The van der Waals surface area contributed by atoms with E-state index >= 15 is 0 Å². The highest BCUT2D eigenvalue weighted by atomic mass is 32.1. The summed E-state index contributed by atoms with van der Waals surface area (Å²) >= 11 is 1.53. The summed E-state index contributed by atoms with van der Waals surface area (Å²) in [6.07, 6.45) is 3.91. The number of pyridine rings is 1. The zero-order chi connectivity index (χ0) is 18.4. The predicted octanol–water partition coefficient (Wildman–Crippen LogP) is 4.11. The summed E-state index contributed by atoms with van der Waals surface area (Å²) in [4.78, 5) is 21.0. The summed E-state index contributed by atoms with van der Waals surface area (Å²) in [5, 5.41) is 5.67. The molecule has 0 spiro atoms. The fraction of sp³-hybridized carbons (Fsp3) is 0.150. The number of rotatable bonds is 6. The molecule has 0 aliphatic carbocycles. The lowest BCUT2D eigenvalue weighted by Crippen LogP contribution is -2.26. The van der Waals surface area contributed by atoms with Crippen molar-refractivity contribution in [3.8, 4) is 10.7 Å². The summed E-state index contributed by atoms with van der Waals surface area (Å²) in [5.41, 5.74) is 2.62. The molecule has 0 aliphatic rings. The second-order valence-corrected chi connectivity index (χ2v) is 6.57. The molecular formula is C20H18FN3OS. The zero-order valence-electron chi connectivity index (χ0n) is 14.3. The zero-order valence-corrected chi connectivity index (χ0v) is 15.1. The number of benzene rings is 1. The lowest BCUT2D eigenvalue weighted by Gasteiger charge is -2.05. The van der Waals surface area contributed by atoms with Crippen molar-refractivity contribution in [1.82, 2.24) is 15.3 Å². The van der Waals surface area contributed by atoms with E-state index < -0.39 is 0 Å². The van der Waals surface area contributed by atoms with Gasteiger partial charge in [-0.1, -0.05) is 24.3 Å². The first kappa shape index (κ1) is 17.9. The van der Waals surface area contributed by atoms with Gasteiger partial charge in [0.25, 0.3) is 0 Å². The Kier molecular flexibility index (Phi) is 5.86. The highest BCUT2D eigenvalue weighted by molar-refractivity contribution is 7.13. The van der Waals surface area contributed by atoms with Gasteiger partial charge in [-0.15, -0.1) is 11.3 Å². The summed E-state index contributed by atoms with van der Waals surface area (Å²) in [7, 11) is 0. The summed E-state index contributed by atoms with van der Waals surface area (Å²) in [5.74, 6) is -0.558. The molecule has 0 radical (unpaired) electrons. The van der Waals surface area contributed by atoms with Gasteiger partial charge in [0.1, 0.15) is 10.8 Å². The van der Waals surface area contributed by atoms with E-state index in [0.29, 0.717) is 24.1 Å². The van der Waals surface area contributed by atoms with Crippen molar-refractivity contribution < 1.29 is 9.18 Å². The average molecular weight is 367 g/mol. The number of hydrogen-bond acceptors (Lipinski definition) is 4. The normalized spacial score (nSPS) is 11.4. The van der Waals surface area contributed by atoms with E-state index in [1.807, 2.05) is 23.6 Å². The molecule has 3 rings (SSSR count). The second kappa shape index (κ2) is 8.49. The third kappa shape index (κ3) is 4.61. The van der Waals surface area contributed by atoms with Crippen molar-refractivity contribution in [3.63, 3.8) is 0 Å². The van der Waals surface area contributed by atoms with Crippen LogP contribution >= 0.6 is 11.3 Å². The molecule has 0 unspecified atom stereocenters. The third-order valence-electron chi connectivity index (χ3n) is 3.74. The minimum atomic E-state index is -0.343. The van der Waals surface area contributed by atoms with E-state index in [1.54, 1.807) is 37.4 Å². The van der Waals surface area contributed by atoms with Crippen molar-refractivity contribution in [2.75, 3.05) is 6.54 Å². The number of carbonyl (C=O) groups is 1. The Morgan fingerprint density at radius 3 is 2.81 bits per heavy atom. The average Bonchev–Trinajstić information content (AvgIpc) is 3.13. The molecule has 1 amide bonds. The van der Waals surface area contributed by atoms with Gasteiger partial charge >= 0.3 is 0 Å². The fourth-order valence-electron chi connectivity index (χ4n) is 2.36. The Hall–Kier alpha value is -2.86. The van der Waals surface area contributed by atoms with Crippen molar-refractivity contribution in [2.45, 2.75) is 13.3 Å². The van der Waals surface area contributed by atoms with Crippen LogP contribution in [0.1, 0.15) is 18.2 Å². The summed E-state index contributed by atoms with van der Waals surface area (Å²) in [6, 6.07) is 12.1. The Balaban J connectivity index is 1.54. The lowest BCUT2D eigenvalue weighted by atomic mass is 10.1. The molecule has 4 nitrogen and oxygen atoms in total. The molecule has 0 bridgehead atoms. The SMILES string of the molecule is C/C(=C\c1ccccc1F)C(=O)NCCc1csc(-c2ccccn2)n1. The molecule has 2 aromatic heterocycles. The van der Waals surface area contributed by atoms with Crippen LogP contribution in [0.2, 0.25) is 0 Å². The molecule has 6 heteroatoms. The summed E-state index contributed by atoms with van der Waals surface area (Å²) in [6.45, 7) is 2.14. The smallest absolute Gasteiger partial charge is 0.246 e. The lowest BCUT2D eigenvalue weighted by molar-refractivity contribution is -0.117. The van der Waals surface area contributed by atoms with Crippen LogP contribution in [0.15, 0.2) is 59.6 Å². The van der Waals surface area contributed by atoms with E-state index in [1.165, 1.54) is 17.4 Å². The molecule has 1 aromatic carbocycles. The Morgan fingerprint density at radius 2 is 2.04 bits per heavy atom. The number of thiazole rings is 1. The quantitative estimate of drug-likeness (QED) is 0.667. The van der Waals surface area contributed by atoms with Crippen molar-refractivity contribution >= 4 is 23.3 Å². The van der Waals surface area contributed by atoms with Gasteiger partial charge in [0.05, 0.1) is 11.4 Å². The Bertz CT molecular complexity index is 922. The maximum absolute atomic E-state index is 13.6. The van der Waals surface area contributed by atoms with E-state index in [4.69, 9.17) is 0 Å². The minimum Gasteiger partial charge on any atom is -0.352 e. The highest BCUT2D eigenvalue weighted by Gasteiger charge is 2.08. The molecule has 3 aromatic rings. The van der Waals surface area contributed by atoms with Gasteiger partial charge in [-0.05, 0) is 31.2 Å². The number of carbonyl (C=O) groups excluding carboxylic acids is 1. The fourth-order valence-corrected chi connectivity index (χ4v) is 3.19. The first-order valence-corrected chi connectivity index (χ1v) is 9.08. The molecule has 1 N–H and O–H groups in total. The Morgan fingerprint density at radius 1 is 1.23 bits per heavy atom. The van der Waals surface area contributed by atoms with Crippen molar-refractivity contribution in [1.29, 1.82) is 0 Å². The van der Waals surface area contributed by atoms with Gasteiger partial charge < -0.3 is 5.32 Å². The maximum Gasteiger partial charge on any atom is 0.246 e. The molecule has 0 fully saturated rings. The Labute approximate surface area is 155 Å². The van der Waals surface area contributed by atoms with Crippen LogP contribution in [0.25, 0.3) is 16.8 Å². The van der Waals surface area contributed by atoms with Gasteiger partial charge in [0, 0.05) is 35.7 Å². The monoisotopic (exact) mass is 367 g/mol. The third-order valence-corrected chi connectivity index (χ3v) is 4.65. The molecule has 2 heterocycles. The van der Waals surface area contributed by atoms with E-state index in [0.717, 1.165) is 16.4 Å². The highest BCUT2D eigenvalue weighted by Crippen LogP contribution is 2.21. The largest absolute Gasteiger partial charge is 0.352 e. The molecule has 26 heavy (non-hydrogen) atoms. The van der Waals surface area contributed by atoms with Crippen LogP contribution in [0, 0.1) is 5.82 Å². The standard InChI is InChI=1S/C20H18FN3OS/c1-14(12-15-6-2-3-7-17(15)21)19(25)23-11-9-16-13-26-20(24-16)18-8-4-5-10-22-18/h2-8,10,12-13H,9,11H2,1H3,(H,23,25)/b14-12+. The molecule has 0 atom stereocenters. The number of aromatic nitrogens is 2.